The molecular weight excluding hydrogens is 254 g/mol. The van der Waals surface area contributed by atoms with E-state index in [0.717, 1.165) is 19.5 Å². The standard InChI is InChI=1S/C15H26N3O2/c1-12(15(16)20)5-6-14(19)18-10-7-13(11-18)17-8-3-2-4-9-17/h6,12-13H,2-5,7-11H2,1H3,(H2,16,20)/t12?,13-/m0/s1. The predicted molar refractivity (Wildman–Crippen MR) is 77.7 cm³/mol. The van der Waals surface area contributed by atoms with Gasteiger partial charge in [0.15, 0.2) is 0 Å². The summed E-state index contributed by atoms with van der Waals surface area (Å²) in [6, 6.07) is 0.529. The highest BCUT2D eigenvalue weighted by Crippen LogP contribution is 2.21. The maximum atomic E-state index is 12.1. The van der Waals surface area contributed by atoms with Gasteiger partial charge in [0.05, 0.1) is 6.42 Å². The Morgan fingerprint density at radius 3 is 2.60 bits per heavy atom. The van der Waals surface area contributed by atoms with Gasteiger partial charge in [-0.2, -0.15) is 0 Å². The minimum absolute atomic E-state index is 0.0533. The van der Waals surface area contributed by atoms with Crippen LogP contribution in [0.3, 0.4) is 0 Å². The second-order valence-electron chi connectivity index (χ2n) is 6.07. The number of nitrogens with two attached hydrogens (primary N) is 1. The summed E-state index contributed by atoms with van der Waals surface area (Å²) in [6.07, 6.45) is 7.04. The van der Waals surface area contributed by atoms with E-state index in [-0.39, 0.29) is 17.7 Å². The molecule has 1 radical (unpaired) electrons. The van der Waals surface area contributed by atoms with E-state index in [1.807, 2.05) is 4.90 Å². The Kier molecular flexibility index (Phi) is 5.40. The van der Waals surface area contributed by atoms with Crippen LogP contribution in [0.1, 0.15) is 39.0 Å². The number of hydrogen-bond donors (Lipinski definition) is 1. The van der Waals surface area contributed by atoms with E-state index < -0.39 is 0 Å². The molecule has 5 heteroatoms. The smallest absolute Gasteiger partial charge is 0.226 e. The third-order valence-electron chi connectivity index (χ3n) is 4.51. The van der Waals surface area contributed by atoms with Crippen LogP contribution in [0.2, 0.25) is 0 Å². The highest BCUT2D eigenvalue weighted by molar-refractivity contribution is 5.86. The van der Waals surface area contributed by atoms with Crippen LogP contribution < -0.4 is 5.73 Å². The molecule has 2 rings (SSSR count). The van der Waals surface area contributed by atoms with Crippen LogP contribution in [0.25, 0.3) is 0 Å². The van der Waals surface area contributed by atoms with Crippen LogP contribution in [0.15, 0.2) is 0 Å². The van der Waals surface area contributed by atoms with Crippen molar-refractivity contribution < 1.29 is 9.59 Å². The maximum absolute atomic E-state index is 12.1. The molecule has 1 unspecified atom stereocenters. The first-order chi connectivity index (χ1) is 9.58. The Morgan fingerprint density at radius 1 is 1.25 bits per heavy atom. The van der Waals surface area contributed by atoms with Crippen molar-refractivity contribution in [3.05, 3.63) is 6.42 Å². The summed E-state index contributed by atoms with van der Waals surface area (Å²) in [6.45, 7) is 5.78. The molecule has 2 atom stereocenters. The molecule has 0 aromatic carbocycles. The normalized spacial score (nSPS) is 25.6. The number of likely N-dealkylation sites (tertiary alicyclic amines) is 2. The summed E-state index contributed by atoms with van der Waals surface area (Å²) >= 11 is 0. The molecular formula is C15H26N3O2. The lowest BCUT2D eigenvalue weighted by Gasteiger charge is -2.32. The number of amides is 2. The zero-order valence-electron chi connectivity index (χ0n) is 12.4. The van der Waals surface area contributed by atoms with Crippen molar-refractivity contribution >= 4 is 11.8 Å². The van der Waals surface area contributed by atoms with Gasteiger partial charge in [-0.15, -0.1) is 0 Å². The molecule has 0 spiro atoms. The lowest BCUT2D eigenvalue weighted by atomic mass is 10.0. The number of carbonyl (C=O) groups is 2. The molecule has 2 aliphatic heterocycles. The SMILES string of the molecule is CC(C[CH]C(=O)N1CC[C@H](N2CCCCC2)C1)C(N)=O. The van der Waals surface area contributed by atoms with E-state index in [1.54, 1.807) is 13.3 Å². The van der Waals surface area contributed by atoms with Crippen molar-refractivity contribution in [1.82, 2.24) is 9.80 Å². The molecule has 2 saturated heterocycles. The average Bonchev–Trinajstić information content (AvgIpc) is 2.95. The minimum Gasteiger partial charge on any atom is -0.369 e. The average molecular weight is 280 g/mol. The Bertz CT molecular complexity index is 353. The Hall–Kier alpha value is -1.10. The molecule has 2 aliphatic rings. The number of primary amides is 1. The van der Waals surface area contributed by atoms with Crippen molar-refractivity contribution in [3.63, 3.8) is 0 Å². The highest BCUT2D eigenvalue weighted by atomic mass is 16.2. The summed E-state index contributed by atoms with van der Waals surface area (Å²) in [7, 11) is 0. The maximum Gasteiger partial charge on any atom is 0.226 e. The van der Waals surface area contributed by atoms with Gasteiger partial charge < -0.3 is 10.6 Å². The number of carbonyl (C=O) groups excluding carboxylic acids is 2. The summed E-state index contributed by atoms with van der Waals surface area (Å²) in [5.41, 5.74) is 5.20. The van der Waals surface area contributed by atoms with E-state index in [9.17, 15) is 9.59 Å². The third kappa shape index (κ3) is 3.95. The van der Waals surface area contributed by atoms with E-state index in [1.165, 1.54) is 32.4 Å². The fourth-order valence-electron chi connectivity index (χ4n) is 3.05. The monoisotopic (exact) mass is 280 g/mol. The van der Waals surface area contributed by atoms with Crippen molar-refractivity contribution in [2.75, 3.05) is 26.2 Å². The zero-order valence-corrected chi connectivity index (χ0v) is 12.4. The molecule has 0 aliphatic carbocycles. The van der Waals surface area contributed by atoms with Gasteiger partial charge in [-0.3, -0.25) is 14.5 Å². The van der Waals surface area contributed by atoms with Gasteiger partial charge >= 0.3 is 0 Å². The highest BCUT2D eigenvalue weighted by Gasteiger charge is 2.30. The number of rotatable bonds is 5. The van der Waals surface area contributed by atoms with Crippen molar-refractivity contribution in [3.8, 4) is 0 Å². The van der Waals surface area contributed by atoms with E-state index >= 15 is 0 Å². The van der Waals surface area contributed by atoms with Gasteiger partial charge in [-0.1, -0.05) is 13.3 Å². The molecule has 113 valence electrons. The third-order valence-corrected chi connectivity index (χ3v) is 4.51. The largest absolute Gasteiger partial charge is 0.369 e. The van der Waals surface area contributed by atoms with E-state index in [0.29, 0.717) is 12.5 Å². The van der Waals surface area contributed by atoms with Crippen LogP contribution in [-0.2, 0) is 9.59 Å². The first-order valence-electron chi connectivity index (χ1n) is 7.73. The summed E-state index contributed by atoms with van der Waals surface area (Å²) in [5, 5.41) is 0. The minimum atomic E-state index is -0.346. The van der Waals surface area contributed by atoms with Crippen molar-refractivity contribution in [2.45, 2.75) is 45.1 Å². The summed E-state index contributed by atoms with van der Waals surface area (Å²) < 4.78 is 0. The van der Waals surface area contributed by atoms with Crippen LogP contribution in [0.4, 0.5) is 0 Å². The molecule has 5 nitrogen and oxygen atoms in total. The summed E-state index contributed by atoms with van der Waals surface area (Å²) in [4.78, 5) is 27.5. The lowest BCUT2D eigenvalue weighted by Crippen LogP contribution is -2.41. The van der Waals surface area contributed by atoms with Crippen LogP contribution >= 0.6 is 0 Å². The Balaban J connectivity index is 1.74. The molecule has 20 heavy (non-hydrogen) atoms. The molecule has 0 bridgehead atoms. The molecule has 0 saturated carbocycles. The van der Waals surface area contributed by atoms with Crippen LogP contribution in [-0.4, -0.2) is 53.8 Å². The quantitative estimate of drug-likeness (QED) is 0.809. The van der Waals surface area contributed by atoms with Gasteiger partial charge in [-0.25, -0.2) is 0 Å². The van der Waals surface area contributed by atoms with Crippen molar-refractivity contribution in [1.29, 1.82) is 0 Å². The van der Waals surface area contributed by atoms with Gasteiger partial charge in [0.25, 0.3) is 0 Å². The topological polar surface area (TPSA) is 66.6 Å². The molecule has 2 amide bonds. The molecule has 2 N–H and O–H groups in total. The van der Waals surface area contributed by atoms with Gasteiger partial charge in [0, 0.05) is 25.0 Å². The van der Waals surface area contributed by atoms with Gasteiger partial charge in [0.1, 0.15) is 0 Å². The molecule has 0 aromatic heterocycles. The number of hydrogen-bond acceptors (Lipinski definition) is 3. The first-order valence-corrected chi connectivity index (χ1v) is 7.73. The first kappa shape index (κ1) is 15.3. The van der Waals surface area contributed by atoms with Crippen LogP contribution in [0, 0.1) is 12.3 Å². The second-order valence-corrected chi connectivity index (χ2v) is 6.07. The second kappa shape index (κ2) is 7.07. The fraction of sp³-hybridized carbons (Fsp3) is 0.800. The number of piperidine rings is 1. The predicted octanol–water partition coefficient (Wildman–Crippen LogP) is 0.789. The molecule has 2 fully saturated rings. The van der Waals surface area contributed by atoms with Crippen molar-refractivity contribution in [2.24, 2.45) is 11.7 Å². The fourth-order valence-corrected chi connectivity index (χ4v) is 3.05. The molecule has 2 heterocycles. The van der Waals surface area contributed by atoms with Gasteiger partial charge in [-0.05, 0) is 38.8 Å². The summed E-state index contributed by atoms with van der Waals surface area (Å²) in [5.74, 6) is -0.557. The van der Waals surface area contributed by atoms with E-state index in [4.69, 9.17) is 5.73 Å². The van der Waals surface area contributed by atoms with Crippen LogP contribution in [0.5, 0.6) is 0 Å². The molecule has 0 aromatic rings. The lowest BCUT2D eigenvalue weighted by molar-refractivity contribution is -0.127. The number of nitrogens with zero attached hydrogens (tertiary/aromatic N) is 2. The zero-order chi connectivity index (χ0) is 14.5. The van der Waals surface area contributed by atoms with Gasteiger partial charge in [0.2, 0.25) is 11.8 Å². The Morgan fingerprint density at radius 2 is 1.95 bits per heavy atom. The Labute approximate surface area is 121 Å². The van der Waals surface area contributed by atoms with E-state index in [2.05, 4.69) is 4.90 Å².